The maximum absolute atomic E-state index is 11.5. The summed E-state index contributed by atoms with van der Waals surface area (Å²) in [4.78, 5) is 13.7. The SMILES string of the molecule is C=C(/C=C\C=C(\C=N)C(=O)OCC)OCCN1CCOCC1. The third-order valence-electron chi connectivity index (χ3n) is 3.02. The summed E-state index contributed by atoms with van der Waals surface area (Å²) in [6.07, 6.45) is 5.74. The zero-order valence-corrected chi connectivity index (χ0v) is 13.0. The van der Waals surface area contributed by atoms with Crippen LogP contribution >= 0.6 is 0 Å². The zero-order chi connectivity index (χ0) is 16.2. The Morgan fingerprint density at radius 3 is 2.73 bits per heavy atom. The number of esters is 1. The van der Waals surface area contributed by atoms with E-state index in [0.717, 1.165) is 39.1 Å². The Morgan fingerprint density at radius 2 is 2.09 bits per heavy atom. The average Bonchev–Trinajstić information content (AvgIpc) is 2.53. The second-order valence-corrected chi connectivity index (χ2v) is 4.61. The molecule has 1 rings (SSSR count). The molecule has 1 heterocycles. The van der Waals surface area contributed by atoms with Crippen LogP contribution in [-0.2, 0) is 19.0 Å². The summed E-state index contributed by atoms with van der Waals surface area (Å²) in [6.45, 7) is 10.6. The first-order valence-corrected chi connectivity index (χ1v) is 7.35. The summed E-state index contributed by atoms with van der Waals surface area (Å²) in [6, 6.07) is 0. The first-order valence-electron chi connectivity index (χ1n) is 7.35. The highest BCUT2D eigenvalue weighted by Crippen LogP contribution is 2.01. The number of morpholine rings is 1. The molecule has 122 valence electrons. The molecule has 0 atom stereocenters. The van der Waals surface area contributed by atoms with Crippen molar-refractivity contribution in [3.63, 3.8) is 0 Å². The molecule has 6 heteroatoms. The van der Waals surface area contributed by atoms with Crippen LogP contribution in [0.3, 0.4) is 0 Å². The predicted octanol–water partition coefficient (Wildman–Crippen LogP) is 1.54. The molecule has 0 amide bonds. The van der Waals surface area contributed by atoms with Crippen molar-refractivity contribution in [3.05, 3.63) is 36.1 Å². The first-order chi connectivity index (χ1) is 10.7. The Balaban J connectivity index is 2.30. The molecule has 0 aliphatic carbocycles. The van der Waals surface area contributed by atoms with Gasteiger partial charge in [0, 0.05) is 25.8 Å². The highest BCUT2D eigenvalue weighted by Gasteiger charge is 2.09. The van der Waals surface area contributed by atoms with Gasteiger partial charge in [0.15, 0.2) is 0 Å². The van der Waals surface area contributed by atoms with Gasteiger partial charge in [0.1, 0.15) is 12.4 Å². The smallest absolute Gasteiger partial charge is 0.339 e. The van der Waals surface area contributed by atoms with Crippen LogP contribution in [0.1, 0.15) is 6.92 Å². The molecule has 0 bridgehead atoms. The molecule has 1 fully saturated rings. The Kier molecular flexibility index (Phi) is 8.86. The van der Waals surface area contributed by atoms with E-state index in [2.05, 4.69) is 11.5 Å². The van der Waals surface area contributed by atoms with E-state index in [4.69, 9.17) is 19.6 Å². The summed E-state index contributed by atoms with van der Waals surface area (Å²) < 4.78 is 15.6. The highest BCUT2D eigenvalue weighted by atomic mass is 16.5. The lowest BCUT2D eigenvalue weighted by Gasteiger charge is -2.26. The predicted molar refractivity (Wildman–Crippen MR) is 85.0 cm³/mol. The number of ether oxygens (including phenoxy) is 3. The summed E-state index contributed by atoms with van der Waals surface area (Å²) in [5, 5.41) is 7.18. The van der Waals surface area contributed by atoms with E-state index in [-0.39, 0.29) is 12.2 Å². The molecule has 0 unspecified atom stereocenters. The number of rotatable bonds is 9. The van der Waals surface area contributed by atoms with Crippen molar-refractivity contribution in [2.45, 2.75) is 6.92 Å². The van der Waals surface area contributed by atoms with Gasteiger partial charge in [-0.2, -0.15) is 0 Å². The number of nitrogens with zero attached hydrogens (tertiary/aromatic N) is 1. The number of carbonyl (C=O) groups excluding carboxylic acids is 1. The summed E-state index contributed by atoms with van der Waals surface area (Å²) in [5.41, 5.74) is 0.180. The first kappa shape index (κ1) is 18.1. The number of carbonyl (C=O) groups is 1. The Hall–Kier alpha value is -1.92. The molecular formula is C16H24N2O4. The second kappa shape index (κ2) is 10.8. The van der Waals surface area contributed by atoms with Crippen molar-refractivity contribution in [3.8, 4) is 0 Å². The van der Waals surface area contributed by atoms with Crippen LogP contribution in [0.15, 0.2) is 36.1 Å². The molecule has 0 aromatic carbocycles. The molecule has 1 aliphatic heterocycles. The fraction of sp³-hybridized carbons (Fsp3) is 0.500. The van der Waals surface area contributed by atoms with Crippen LogP contribution in [0.5, 0.6) is 0 Å². The molecule has 1 aliphatic rings. The van der Waals surface area contributed by atoms with E-state index >= 15 is 0 Å². The van der Waals surface area contributed by atoms with Crippen LogP contribution < -0.4 is 0 Å². The van der Waals surface area contributed by atoms with Gasteiger partial charge in [-0.3, -0.25) is 4.90 Å². The zero-order valence-electron chi connectivity index (χ0n) is 13.0. The molecule has 0 saturated carbocycles. The van der Waals surface area contributed by atoms with Gasteiger partial charge in [-0.25, -0.2) is 4.79 Å². The van der Waals surface area contributed by atoms with Gasteiger partial charge >= 0.3 is 5.97 Å². The van der Waals surface area contributed by atoms with Crippen LogP contribution in [0, 0.1) is 5.41 Å². The molecule has 22 heavy (non-hydrogen) atoms. The van der Waals surface area contributed by atoms with E-state index in [9.17, 15) is 4.79 Å². The van der Waals surface area contributed by atoms with Crippen molar-refractivity contribution in [1.82, 2.24) is 4.90 Å². The fourth-order valence-corrected chi connectivity index (χ4v) is 1.83. The Labute approximate surface area is 131 Å². The van der Waals surface area contributed by atoms with Gasteiger partial charge in [0.05, 0.1) is 25.4 Å². The van der Waals surface area contributed by atoms with E-state index in [0.29, 0.717) is 12.4 Å². The molecule has 0 aromatic heterocycles. The average molecular weight is 308 g/mol. The van der Waals surface area contributed by atoms with Crippen LogP contribution in [0.2, 0.25) is 0 Å². The largest absolute Gasteiger partial charge is 0.493 e. The molecule has 0 aromatic rings. The lowest BCUT2D eigenvalue weighted by atomic mass is 10.2. The quantitative estimate of drug-likeness (QED) is 0.230. The van der Waals surface area contributed by atoms with Crippen molar-refractivity contribution >= 4 is 12.2 Å². The van der Waals surface area contributed by atoms with Crippen LogP contribution in [-0.4, -0.2) is 63.1 Å². The van der Waals surface area contributed by atoms with Crippen molar-refractivity contribution in [2.75, 3.05) is 46.1 Å². The highest BCUT2D eigenvalue weighted by molar-refractivity contribution is 6.08. The van der Waals surface area contributed by atoms with Crippen molar-refractivity contribution < 1.29 is 19.0 Å². The number of nitrogens with one attached hydrogen (secondary N) is 1. The van der Waals surface area contributed by atoms with E-state index in [1.807, 2.05) is 0 Å². The monoisotopic (exact) mass is 308 g/mol. The Bertz CT molecular complexity index is 437. The topological polar surface area (TPSA) is 71.9 Å². The minimum absolute atomic E-state index is 0.180. The van der Waals surface area contributed by atoms with Gasteiger partial charge < -0.3 is 19.6 Å². The third kappa shape index (κ3) is 7.19. The molecular weight excluding hydrogens is 284 g/mol. The van der Waals surface area contributed by atoms with Crippen LogP contribution in [0.25, 0.3) is 0 Å². The Morgan fingerprint density at radius 1 is 1.36 bits per heavy atom. The summed E-state index contributed by atoms with van der Waals surface area (Å²) >= 11 is 0. The van der Waals surface area contributed by atoms with Gasteiger partial charge in [-0.1, -0.05) is 12.7 Å². The number of hydrogen-bond donors (Lipinski definition) is 1. The van der Waals surface area contributed by atoms with Gasteiger partial charge in [-0.15, -0.1) is 0 Å². The molecule has 1 N–H and O–H groups in total. The van der Waals surface area contributed by atoms with E-state index in [1.54, 1.807) is 19.1 Å². The lowest BCUT2D eigenvalue weighted by Crippen LogP contribution is -2.38. The van der Waals surface area contributed by atoms with Gasteiger partial charge in [-0.05, 0) is 19.1 Å². The standard InChI is InChI=1S/C16H24N2O4/c1-3-21-16(19)15(13-17)6-4-5-14(2)22-12-9-18-7-10-20-11-8-18/h4-6,13,17H,2-3,7-12H2,1H3/b5-4-,15-6-,17-13?. The summed E-state index contributed by atoms with van der Waals surface area (Å²) in [5.74, 6) is -0.00121. The minimum Gasteiger partial charge on any atom is -0.493 e. The molecule has 1 saturated heterocycles. The fourth-order valence-electron chi connectivity index (χ4n) is 1.83. The molecule has 0 spiro atoms. The summed E-state index contributed by atoms with van der Waals surface area (Å²) in [7, 11) is 0. The number of allylic oxidation sites excluding steroid dienone is 3. The normalized spacial score (nSPS) is 16.5. The maximum atomic E-state index is 11.5. The van der Waals surface area contributed by atoms with E-state index in [1.165, 1.54) is 6.08 Å². The van der Waals surface area contributed by atoms with Crippen LogP contribution in [0.4, 0.5) is 0 Å². The number of hydrogen-bond acceptors (Lipinski definition) is 6. The maximum Gasteiger partial charge on any atom is 0.339 e. The lowest BCUT2D eigenvalue weighted by molar-refractivity contribution is -0.137. The molecule has 0 radical (unpaired) electrons. The van der Waals surface area contributed by atoms with Gasteiger partial charge in [0.25, 0.3) is 0 Å². The van der Waals surface area contributed by atoms with Crippen molar-refractivity contribution in [1.29, 1.82) is 5.41 Å². The van der Waals surface area contributed by atoms with Crippen molar-refractivity contribution in [2.24, 2.45) is 0 Å². The third-order valence-corrected chi connectivity index (χ3v) is 3.02. The van der Waals surface area contributed by atoms with Gasteiger partial charge in [0.2, 0.25) is 0 Å². The molecule has 6 nitrogen and oxygen atoms in total. The van der Waals surface area contributed by atoms with E-state index < -0.39 is 5.97 Å². The second-order valence-electron chi connectivity index (χ2n) is 4.61. The minimum atomic E-state index is -0.513.